The van der Waals surface area contributed by atoms with E-state index in [-0.39, 0.29) is 30.4 Å². The summed E-state index contributed by atoms with van der Waals surface area (Å²) in [4.78, 5) is 23.7. The van der Waals surface area contributed by atoms with Gasteiger partial charge in [0.05, 0.1) is 11.8 Å². The van der Waals surface area contributed by atoms with Crippen molar-refractivity contribution in [1.29, 1.82) is 0 Å². The molecule has 3 rings (SSSR count). The molecule has 32 heavy (non-hydrogen) atoms. The van der Waals surface area contributed by atoms with Gasteiger partial charge in [0.25, 0.3) is 0 Å². The SMILES string of the molecule is C#C[C@]1(COC(=O)CCCCCC)O[C@@H](CC2C=Nc3c(N)nc(F)nc3CC2)C[C@@H]1O. The van der Waals surface area contributed by atoms with Gasteiger partial charge >= 0.3 is 12.0 Å². The number of aliphatic hydroxyl groups excluding tert-OH is 1. The summed E-state index contributed by atoms with van der Waals surface area (Å²) in [5.41, 5.74) is 5.29. The largest absolute Gasteiger partial charge is 0.461 e. The quantitative estimate of drug-likeness (QED) is 0.259. The Morgan fingerprint density at radius 2 is 2.25 bits per heavy atom. The van der Waals surface area contributed by atoms with E-state index in [2.05, 4.69) is 27.8 Å². The van der Waals surface area contributed by atoms with Gasteiger partial charge in [-0.1, -0.05) is 32.1 Å². The number of aryl methyl sites for hydroxylation is 1. The minimum Gasteiger partial charge on any atom is -0.461 e. The molecule has 0 radical (unpaired) electrons. The zero-order valence-corrected chi connectivity index (χ0v) is 18.4. The van der Waals surface area contributed by atoms with E-state index in [0.29, 0.717) is 43.5 Å². The summed E-state index contributed by atoms with van der Waals surface area (Å²) < 4.78 is 24.8. The summed E-state index contributed by atoms with van der Waals surface area (Å²) in [5.74, 6) is 2.18. The first-order chi connectivity index (χ1) is 15.4. The van der Waals surface area contributed by atoms with E-state index in [4.69, 9.17) is 21.6 Å². The molecule has 8 nitrogen and oxygen atoms in total. The molecule has 0 spiro atoms. The molecule has 3 heterocycles. The lowest BCUT2D eigenvalue weighted by atomic mass is 9.93. The van der Waals surface area contributed by atoms with E-state index >= 15 is 0 Å². The number of hydrogen-bond acceptors (Lipinski definition) is 8. The number of aromatic nitrogens is 2. The van der Waals surface area contributed by atoms with Crippen LogP contribution >= 0.6 is 0 Å². The van der Waals surface area contributed by atoms with Crippen molar-refractivity contribution in [3.8, 4) is 12.3 Å². The summed E-state index contributed by atoms with van der Waals surface area (Å²) in [5, 5.41) is 10.6. The standard InChI is InChI=1S/C23H31FN4O4/c1-3-5-6-7-8-19(30)31-14-23(4-2)18(29)12-16(32-23)11-15-9-10-17-20(26-13-15)21(25)28-22(24)27-17/h2,13,15-16,18,29H,3,5-12,14H2,1H3,(H2,25,27,28)/t15?,16-,18-,23+/m0/s1. The van der Waals surface area contributed by atoms with Crippen LogP contribution in [0.2, 0.25) is 0 Å². The van der Waals surface area contributed by atoms with Crippen LogP contribution in [0.15, 0.2) is 4.99 Å². The number of aliphatic hydroxyl groups is 1. The van der Waals surface area contributed by atoms with E-state index in [1.165, 1.54) is 0 Å². The van der Waals surface area contributed by atoms with Gasteiger partial charge in [-0.2, -0.15) is 9.37 Å². The maximum absolute atomic E-state index is 13.5. The van der Waals surface area contributed by atoms with E-state index < -0.39 is 17.8 Å². The molecule has 174 valence electrons. The van der Waals surface area contributed by atoms with Crippen LogP contribution in [0.25, 0.3) is 0 Å². The molecule has 0 saturated carbocycles. The highest BCUT2D eigenvalue weighted by molar-refractivity contribution is 5.73. The van der Waals surface area contributed by atoms with Gasteiger partial charge in [0.2, 0.25) is 0 Å². The number of esters is 1. The Labute approximate surface area is 187 Å². The second-order valence-electron chi connectivity index (χ2n) is 8.48. The molecule has 1 fully saturated rings. The zero-order chi connectivity index (χ0) is 23.1. The molecule has 0 aromatic carbocycles. The van der Waals surface area contributed by atoms with Crippen molar-refractivity contribution in [2.45, 2.75) is 82.5 Å². The van der Waals surface area contributed by atoms with E-state index in [1.54, 1.807) is 6.21 Å². The molecule has 0 amide bonds. The summed E-state index contributed by atoms with van der Waals surface area (Å²) in [7, 11) is 0. The highest BCUT2D eigenvalue weighted by atomic mass is 19.1. The lowest BCUT2D eigenvalue weighted by molar-refractivity contribution is -0.154. The molecule has 1 unspecified atom stereocenters. The summed E-state index contributed by atoms with van der Waals surface area (Å²) in [6.07, 6.45) is 11.6. The van der Waals surface area contributed by atoms with Crippen LogP contribution in [0.5, 0.6) is 0 Å². The number of aliphatic imine (C=N–C) groups is 1. The first-order valence-corrected chi connectivity index (χ1v) is 11.2. The molecule has 9 heteroatoms. The van der Waals surface area contributed by atoms with Gasteiger partial charge in [0.1, 0.15) is 18.4 Å². The van der Waals surface area contributed by atoms with Gasteiger partial charge < -0.3 is 20.3 Å². The third-order valence-corrected chi connectivity index (χ3v) is 6.02. The van der Waals surface area contributed by atoms with Gasteiger partial charge in [0, 0.05) is 19.1 Å². The van der Waals surface area contributed by atoms with Crippen molar-refractivity contribution in [2.75, 3.05) is 12.3 Å². The fourth-order valence-electron chi connectivity index (χ4n) is 4.16. The van der Waals surface area contributed by atoms with Crippen LogP contribution in [0.4, 0.5) is 15.9 Å². The summed E-state index contributed by atoms with van der Waals surface area (Å²) in [6.45, 7) is 1.93. The number of anilines is 1. The zero-order valence-electron chi connectivity index (χ0n) is 18.4. The number of halogens is 1. The predicted molar refractivity (Wildman–Crippen MR) is 118 cm³/mol. The second-order valence-corrected chi connectivity index (χ2v) is 8.48. The van der Waals surface area contributed by atoms with Gasteiger partial charge in [-0.3, -0.25) is 9.79 Å². The number of terminal acetylenes is 1. The Bertz CT molecular complexity index is 887. The highest BCUT2D eigenvalue weighted by Crippen LogP contribution is 2.36. The average molecular weight is 447 g/mol. The second kappa shape index (κ2) is 10.8. The van der Waals surface area contributed by atoms with Crippen LogP contribution in [-0.4, -0.2) is 51.7 Å². The van der Waals surface area contributed by atoms with Gasteiger partial charge in [-0.15, -0.1) is 6.42 Å². The van der Waals surface area contributed by atoms with Crippen LogP contribution in [0.3, 0.4) is 0 Å². The fraction of sp³-hybridized carbons (Fsp3) is 0.652. The minimum atomic E-state index is -1.35. The smallest absolute Gasteiger partial charge is 0.310 e. The van der Waals surface area contributed by atoms with Crippen LogP contribution in [0, 0.1) is 24.3 Å². The summed E-state index contributed by atoms with van der Waals surface area (Å²) in [6, 6.07) is 0. The fourth-order valence-corrected chi connectivity index (χ4v) is 4.16. The lowest BCUT2D eigenvalue weighted by Crippen LogP contribution is -2.43. The van der Waals surface area contributed by atoms with Crippen molar-refractivity contribution in [2.24, 2.45) is 10.9 Å². The number of nitrogens with zero attached hydrogens (tertiary/aromatic N) is 3. The molecule has 1 saturated heterocycles. The molecule has 2 aliphatic heterocycles. The van der Waals surface area contributed by atoms with Crippen LogP contribution in [-0.2, 0) is 20.7 Å². The number of nitrogen functional groups attached to an aromatic ring is 1. The van der Waals surface area contributed by atoms with Crippen molar-refractivity contribution >= 4 is 23.7 Å². The average Bonchev–Trinajstić information content (AvgIpc) is 2.92. The molecule has 0 bridgehead atoms. The van der Waals surface area contributed by atoms with Crippen molar-refractivity contribution < 1.29 is 23.8 Å². The number of hydrogen-bond donors (Lipinski definition) is 2. The number of nitrogens with two attached hydrogens (primary N) is 1. The number of ether oxygens (including phenoxy) is 2. The molecule has 2 aliphatic rings. The number of rotatable bonds is 9. The molecular formula is C23H31FN4O4. The first-order valence-electron chi connectivity index (χ1n) is 11.2. The molecule has 4 atom stereocenters. The Hall–Kier alpha value is -2.57. The number of fused-ring (bicyclic) bond motifs is 1. The normalized spacial score (nSPS) is 26.9. The van der Waals surface area contributed by atoms with Gasteiger partial charge in [-0.05, 0) is 31.6 Å². The number of carbonyl (C=O) groups excluding carboxylic acids is 1. The van der Waals surface area contributed by atoms with Crippen molar-refractivity contribution in [1.82, 2.24) is 9.97 Å². The van der Waals surface area contributed by atoms with E-state index in [9.17, 15) is 14.3 Å². The lowest BCUT2D eigenvalue weighted by Gasteiger charge is -2.26. The third-order valence-electron chi connectivity index (χ3n) is 6.02. The molecule has 1 aromatic heterocycles. The van der Waals surface area contributed by atoms with Gasteiger partial charge in [0.15, 0.2) is 11.4 Å². The minimum absolute atomic E-state index is 0.00134. The summed E-state index contributed by atoms with van der Waals surface area (Å²) >= 11 is 0. The topological polar surface area (TPSA) is 120 Å². The van der Waals surface area contributed by atoms with Gasteiger partial charge in [-0.25, -0.2) is 4.98 Å². The predicted octanol–water partition coefficient (Wildman–Crippen LogP) is 2.89. The molecule has 0 aliphatic carbocycles. The van der Waals surface area contributed by atoms with E-state index in [0.717, 1.165) is 25.7 Å². The Morgan fingerprint density at radius 3 is 3.00 bits per heavy atom. The maximum Gasteiger partial charge on any atom is 0.310 e. The number of carbonyl (C=O) groups is 1. The molecule has 1 aromatic rings. The molecular weight excluding hydrogens is 415 g/mol. The molecule has 3 N–H and O–H groups in total. The van der Waals surface area contributed by atoms with E-state index in [1.807, 2.05) is 0 Å². The Kier molecular flexibility index (Phi) is 8.15. The highest BCUT2D eigenvalue weighted by Gasteiger charge is 2.48. The van der Waals surface area contributed by atoms with Crippen LogP contribution in [0.1, 0.15) is 64.0 Å². The number of unbranched alkanes of at least 4 members (excludes halogenated alkanes) is 3. The van der Waals surface area contributed by atoms with Crippen LogP contribution < -0.4 is 5.73 Å². The monoisotopic (exact) mass is 446 g/mol. The van der Waals surface area contributed by atoms with Crippen molar-refractivity contribution in [3.05, 3.63) is 11.8 Å². The Balaban J connectivity index is 1.55. The first kappa shape index (κ1) is 24.1. The third kappa shape index (κ3) is 5.81. The van der Waals surface area contributed by atoms with Crippen molar-refractivity contribution in [3.63, 3.8) is 0 Å². The Morgan fingerprint density at radius 1 is 1.44 bits per heavy atom. The maximum atomic E-state index is 13.5.